The molecule has 0 unspecified atom stereocenters. The van der Waals surface area contributed by atoms with Gasteiger partial charge in [-0.1, -0.05) is 31.4 Å². The van der Waals surface area contributed by atoms with Gasteiger partial charge in [0.05, 0.1) is 16.5 Å². The summed E-state index contributed by atoms with van der Waals surface area (Å²) in [5.74, 6) is -0.946. The summed E-state index contributed by atoms with van der Waals surface area (Å²) in [5, 5.41) is 1.52. The molecule has 1 aromatic heterocycles. The first kappa shape index (κ1) is 23.2. The van der Waals surface area contributed by atoms with Gasteiger partial charge in [0, 0.05) is 27.5 Å². The first-order valence-electron chi connectivity index (χ1n) is 10.3. The molecule has 0 amide bonds. The smallest absolute Gasteiger partial charge is 0.338 e. The van der Waals surface area contributed by atoms with Crippen molar-refractivity contribution in [1.82, 2.24) is 0 Å². The summed E-state index contributed by atoms with van der Waals surface area (Å²) >= 11 is 1.22. The van der Waals surface area contributed by atoms with Gasteiger partial charge < -0.3 is 14.2 Å². The molecule has 4 rings (SSSR count). The Labute approximate surface area is 199 Å². The highest BCUT2D eigenvalue weighted by Crippen LogP contribution is 2.46. The zero-order valence-electron chi connectivity index (χ0n) is 18.9. The lowest BCUT2D eigenvalue weighted by molar-refractivity contribution is -0.131. The van der Waals surface area contributed by atoms with Gasteiger partial charge in [-0.05, 0) is 49.7 Å². The molecule has 3 aromatic carbocycles. The van der Waals surface area contributed by atoms with Gasteiger partial charge in [0.2, 0.25) is 0 Å². The predicted molar refractivity (Wildman–Crippen MR) is 132 cm³/mol. The Bertz CT molecular complexity index is 1480. The second-order valence-electron chi connectivity index (χ2n) is 7.74. The fourth-order valence-corrected chi connectivity index (χ4v) is 4.68. The van der Waals surface area contributed by atoms with Crippen LogP contribution in [0.1, 0.15) is 13.8 Å². The Hall–Kier alpha value is -3.97. The largest absolute Gasteiger partial charge is 0.495 e. The molecular weight excluding hydrogens is 455 g/mol. The Morgan fingerprint density at radius 1 is 0.824 bits per heavy atom. The molecule has 0 radical (unpaired) electrons. The maximum atomic E-state index is 15.2. The molecule has 0 aliphatic carbocycles. The Balaban J connectivity index is 1.78. The van der Waals surface area contributed by atoms with Gasteiger partial charge >= 0.3 is 11.9 Å². The van der Waals surface area contributed by atoms with Crippen molar-refractivity contribution in [3.05, 3.63) is 78.7 Å². The lowest BCUT2D eigenvalue weighted by Gasteiger charge is -2.11. The summed E-state index contributed by atoms with van der Waals surface area (Å²) in [6.07, 6.45) is 0. The fourth-order valence-electron chi connectivity index (χ4n) is 3.42. The summed E-state index contributed by atoms with van der Waals surface area (Å²) in [4.78, 5) is 23.6. The predicted octanol–water partition coefficient (Wildman–Crippen LogP) is 6.83. The van der Waals surface area contributed by atoms with E-state index in [1.165, 1.54) is 24.3 Å². The zero-order chi connectivity index (χ0) is 24.6. The van der Waals surface area contributed by atoms with Crippen LogP contribution in [0.15, 0.2) is 72.8 Å². The van der Waals surface area contributed by atoms with Crippen molar-refractivity contribution in [2.45, 2.75) is 13.8 Å². The van der Waals surface area contributed by atoms with E-state index >= 15 is 4.39 Å². The first-order valence-corrected chi connectivity index (χ1v) is 11.1. The molecule has 1 heterocycles. The van der Waals surface area contributed by atoms with Crippen molar-refractivity contribution in [3.63, 3.8) is 0 Å². The molecule has 0 aliphatic heterocycles. The Morgan fingerprint density at radius 2 is 1.41 bits per heavy atom. The van der Waals surface area contributed by atoms with Gasteiger partial charge in [-0.2, -0.15) is 0 Å². The van der Waals surface area contributed by atoms with E-state index in [2.05, 4.69) is 13.2 Å². The minimum atomic E-state index is -0.684. The number of carbonyl (C=O) groups is 2. The third kappa shape index (κ3) is 4.18. The minimum Gasteiger partial charge on any atom is -0.495 e. The van der Waals surface area contributed by atoms with E-state index in [9.17, 15) is 9.59 Å². The highest BCUT2D eigenvalue weighted by molar-refractivity contribution is 7.26. The molecule has 0 aliphatic rings. The van der Waals surface area contributed by atoms with Crippen LogP contribution < -0.4 is 14.2 Å². The number of benzene rings is 3. The van der Waals surface area contributed by atoms with Crippen LogP contribution in [-0.2, 0) is 9.59 Å². The van der Waals surface area contributed by atoms with Crippen molar-refractivity contribution in [1.29, 1.82) is 0 Å². The van der Waals surface area contributed by atoms with E-state index in [0.29, 0.717) is 27.2 Å². The molecule has 0 saturated carbocycles. The maximum absolute atomic E-state index is 15.2. The molecule has 0 bridgehead atoms. The molecule has 7 heteroatoms. The number of rotatable bonds is 6. The number of methoxy groups -OCH3 is 1. The monoisotopic (exact) mass is 476 g/mol. The quantitative estimate of drug-likeness (QED) is 0.173. The molecule has 0 spiro atoms. The van der Waals surface area contributed by atoms with E-state index in [-0.39, 0.29) is 11.3 Å². The average molecular weight is 477 g/mol. The molecule has 34 heavy (non-hydrogen) atoms. The topological polar surface area (TPSA) is 61.8 Å². The number of thiophene rings is 1. The minimum absolute atomic E-state index is 0.147. The number of ether oxygens (including phenoxy) is 3. The number of fused-ring (bicyclic) bond motifs is 3. The van der Waals surface area contributed by atoms with Crippen molar-refractivity contribution >= 4 is 43.4 Å². The lowest BCUT2D eigenvalue weighted by atomic mass is 10.0. The molecule has 0 saturated heterocycles. The van der Waals surface area contributed by atoms with Crippen LogP contribution in [0.25, 0.3) is 31.3 Å². The summed E-state index contributed by atoms with van der Waals surface area (Å²) < 4.78 is 32.4. The van der Waals surface area contributed by atoms with Gasteiger partial charge in [0.25, 0.3) is 0 Å². The Morgan fingerprint density at radius 3 is 2.03 bits per heavy atom. The van der Waals surface area contributed by atoms with E-state index < -0.39 is 17.8 Å². The van der Waals surface area contributed by atoms with Crippen LogP contribution >= 0.6 is 11.3 Å². The third-order valence-corrected chi connectivity index (χ3v) is 6.36. The van der Waals surface area contributed by atoms with E-state index in [1.54, 1.807) is 32.2 Å². The number of carbonyl (C=O) groups excluding carboxylic acids is 2. The Kier molecular flexibility index (Phi) is 6.22. The molecule has 4 aromatic rings. The maximum Gasteiger partial charge on any atom is 0.338 e. The second kappa shape index (κ2) is 9.11. The van der Waals surface area contributed by atoms with Crippen LogP contribution in [0.4, 0.5) is 4.39 Å². The third-order valence-electron chi connectivity index (χ3n) is 5.15. The number of hydrogen-bond acceptors (Lipinski definition) is 6. The number of hydrogen-bond donors (Lipinski definition) is 0. The highest BCUT2D eigenvalue weighted by Gasteiger charge is 2.20. The molecule has 172 valence electrons. The number of halogens is 1. The van der Waals surface area contributed by atoms with Gasteiger partial charge in [-0.15, -0.1) is 11.3 Å². The SMILES string of the molecule is C=C(C)C(=O)Oc1ccc(-c2ccc3c(sc4c(F)c(OC(=O)C(=C)C)ccc43)c2OC)cc1. The normalized spacial score (nSPS) is 10.8. The van der Waals surface area contributed by atoms with Crippen LogP contribution in [0, 0.1) is 5.82 Å². The summed E-state index contributed by atoms with van der Waals surface area (Å²) in [7, 11) is 1.56. The molecule has 0 N–H and O–H groups in total. The lowest BCUT2D eigenvalue weighted by Crippen LogP contribution is -2.09. The molecule has 0 fully saturated rings. The first-order chi connectivity index (χ1) is 16.2. The van der Waals surface area contributed by atoms with Gasteiger partial charge in [0.1, 0.15) is 11.5 Å². The summed E-state index contributed by atoms with van der Waals surface area (Å²) in [6.45, 7) is 10.2. The number of esters is 2. The van der Waals surface area contributed by atoms with Gasteiger partial charge in [-0.3, -0.25) is 0 Å². The average Bonchev–Trinajstić information content (AvgIpc) is 3.20. The van der Waals surface area contributed by atoms with Gasteiger partial charge in [0.15, 0.2) is 11.6 Å². The summed E-state index contributed by atoms with van der Waals surface area (Å²) in [5.41, 5.74) is 2.13. The molecular formula is C27H21FO5S. The molecule has 5 nitrogen and oxygen atoms in total. The second-order valence-corrected chi connectivity index (χ2v) is 8.76. The van der Waals surface area contributed by atoms with E-state index in [4.69, 9.17) is 14.2 Å². The van der Waals surface area contributed by atoms with E-state index in [0.717, 1.165) is 21.2 Å². The van der Waals surface area contributed by atoms with Crippen LogP contribution in [0.3, 0.4) is 0 Å². The highest BCUT2D eigenvalue weighted by atomic mass is 32.1. The molecule has 0 atom stereocenters. The van der Waals surface area contributed by atoms with Crippen molar-refractivity contribution in [2.24, 2.45) is 0 Å². The standard InChI is InChI=1S/C27H21FO5S/c1-14(2)26(29)32-17-8-6-16(7-9-17)18-10-11-20-19-12-13-21(33-27(30)15(3)4)22(28)24(19)34-25(20)23(18)31-5/h6-13H,1,3H2,2,4-5H3. The van der Waals surface area contributed by atoms with Crippen molar-refractivity contribution in [2.75, 3.05) is 7.11 Å². The van der Waals surface area contributed by atoms with E-state index in [1.807, 2.05) is 24.3 Å². The zero-order valence-corrected chi connectivity index (χ0v) is 19.7. The summed E-state index contributed by atoms with van der Waals surface area (Å²) in [6, 6.07) is 14.0. The van der Waals surface area contributed by atoms with Crippen molar-refractivity contribution < 1.29 is 28.2 Å². The van der Waals surface area contributed by atoms with Crippen molar-refractivity contribution in [3.8, 4) is 28.4 Å². The van der Waals surface area contributed by atoms with Crippen LogP contribution in [0.2, 0.25) is 0 Å². The van der Waals surface area contributed by atoms with Gasteiger partial charge in [-0.25, -0.2) is 14.0 Å². The van der Waals surface area contributed by atoms with Crippen LogP contribution in [0.5, 0.6) is 17.2 Å². The van der Waals surface area contributed by atoms with Crippen LogP contribution in [-0.4, -0.2) is 19.0 Å². The fraction of sp³-hybridized carbons (Fsp3) is 0.111.